The van der Waals surface area contributed by atoms with Gasteiger partial charge in [-0.05, 0) is 33.1 Å². The number of aryl methyl sites for hydroxylation is 2. The predicted octanol–water partition coefficient (Wildman–Crippen LogP) is 3.11. The first-order valence-corrected chi connectivity index (χ1v) is 6.33. The maximum absolute atomic E-state index is 4.47. The highest BCUT2D eigenvalue weighted by Crippen LogP contribution is 2.17. The maximum atomic E-state index is 4.47. The Morgan fingerprint density at radius 3 is 2.19 bits per heavy atom. The third kappa shape index (κ3) is 3.47. The summed E-state index contributed by atoms with van der Waals surface area (Å²) in [6.45, 7) is 10.3. The van der Waals surface area contributed by atoms with Gasteiger partial charge < -0.3 is 4.90 Å². The van der Waals surface area contributed by atoms with Gasteiger partial charge in [0.1, 0.15) is 11.6 Å². The lowest BCUT2D eigenvalue weighted by molar-refractivity contribution is 0.572. The first-order valence-electron chi connectivity index (χ1n) is 6.33. The fourth-order valence-corrected chi connectivity index (χ4v) is 1.98. The lowest BCUT2D eigenvalue weighted by Gasteiger charge is -2.27. The number of piperidine rings is 1. The van der Waals surface area contributed by atoms with Crippen LogP contribution < -0.4 is 4.90 Å². The van der Waals surface area contributed by atoms with Crippen molar-refractivity contribution >= 4 is 5.82 Å². The molecule has 3 heteroatoms. The molecule has 1 aliphatic rings. The van der Waals surface area contributed by atoms with Crippen LogP contribution in [0.5, 0.6) is 0 Å². The van der Waals surface area contributed by atoms with Gasteiger partial charge in [0, 0.05) is 24.8 Å². The smallest absolute Gasteiger partial charge is 0.132 e. The van der Waals surface area contributed by atoms with E-state index in [1.54, 1.807) is 0 Å². The van der Waals surface area contributed by atoms with Crippen LogP contribution in [0.15, 0.2) is 6.07 Å². The summed E-state index contributed by atoms with van der Waals surface area (Å²) in [5.41, 5.74) is 1.07. The van der Waals surface area contributed by atoms with Crippen molar-refractivity contribution < 1.29 is 0 Å². The van der Waals surface area contributed by atoms with Crippen LogP contribution in [0, 0.1) is 13.8 Å². The van der Waals surface area contributed by atoms with Gasteiger partial charge in [-0.15, -0.1) is 0 Å². The molecule has 2 rings (SSSR count). The standard InChI is InChI=1S/C11H17N3.C2H6/c1-9-8-11(13-10(2)12-9)14-6-4-3-5-7-14;1-2/h8H,3-7H2,1-2H3;1-2H3. The zero-order chi connectivity index (χ0) is 12.0. The van der Waals surface area contributed by atoms with E-state index in [2.05, 4.69) is 20.9 Å². The van der Waals surface area contributed by atoms with E-state index < -0.39 is 0 Å². The zero-order valence-corrected chi connectivity index (χ0v) is 11.0. The molecular weight excluding hydrogens is 198 g/mol. The fraction of sp³-hybridized carbons (Fsp3) is 0.692. The minimum atomic E-state index is 0.880. The minimum absolute atomic E-state index is 0.880. The quantitative estimate of drug-likeness (QED) is 0.729. The van der Waals surface area contributed by atoms with Gasteiger partial charge in [0.15, 0.2) is 0 Å². The van der Waals surface area contributed by atoms with Crippen molar-refractivity contribution in [3.63, 3.8) is 0 Å². The van der Waals surface area contributed by atoms with Crippen LogP contribution in [0.3, 0.4) is 0 Å². The molecule has 0 amide bonds. The van der Waals surface area contributed by atoms with Crippen molar-refractivity contribution in [2.75, 3.05) is 18.0 Å². The van der Waals surface area contributed by atoms with E-state index in [0.29, 0.717) is 0 Å². The Morgan fingerprint density at radius 2 is 1.62 bits per heavy atom. The Morgan fingerprint density at radius 1 is 1.00 bits per heavy atom. The summed E-state index contributed by atoms with van der Waals surface area (Å²) in [6.07, 6.45) is 3.95. The predicted molar refractivity (Wildman–Crippen MR) is 68.9 cm³/mol. The summed E-state index contributed by atoms with van der Waals surface area (Å²) in [5.74, 6) is 1.99. The molecule has 1 aromatic rings. The highest BCUT2D eigenvalue weighted by molar-refractivity contribution is 5.39. The Labute approximate surface area is 98.9 Å². The van der Waals surface area contributed by atoms with E-state index in [4.69, 9.17) is 0 Å². The molecular formula is C13H23N3. The Balaban J connectivity index is 0.000000606. The van der Waals surface area contributed by atoms with Crippen molar-refractivity contribution in [1.82, 2.24) is 9.97 Å². The van der Waals surface area contributed by atoms with Crippen molar-refractivity contribution in [3.8, 4) is 0 Å². The van der Waals surface area contributed by atoms with E-state index in [9.17, 15) is 0 Å². The molecule has 0 aromatic carbocycles. The van der Waals surface area contributed by atoms with Crippen LogP contribution in [0.1, 0.15) is 44.6 Å². The molecule has 16 heavy (non-hydrogen) atoms. The van der Waals surface area contributed by atoms with Crippen molar-refractivity contribution in [2.45, 2.75) is 47.0 Å². The van der Waals surface area contributed by atoms with E-state index in [0.717, 1.165) is 30.4 Å². The molecule has 2 heterocycles. The molecule has 0 bridgehead atoms. The molecule has 1 fully saturated rings. The second-order valence-electron chi connectivity index (χ2n) is 3.96. The maximum Gasteiger partial charge on any atom is 0.132 e. The molecule has 0 atom stereocenters. The van der Waals surface area contributed by atoms with Crippen LogP contribution in [-0.4, -0.2) is 23.1 Å². The summed E-state index contributed by atoms with van der Waals surface area (Å²) in [4.78, 5) is 11.1. The van der Waals surface area contributed by atoms with E-state index >= 15 is 0 Å². The van der Waals surface area contributed by atoms with E-state index in [1.165, 1.54) is 19.3 Å². The lowest BCUT2D eigenvalue weighted by Crippen LogP contribution is -2.30. The Kier molecular flexibility index (Phi) is 5.23. The average molecular weight is 221 g/mol. The van der Waals surface area contributed by atoms with Crippen LogP contribution in [0.4, 0.5) is 5.82 Å². The molecule has 1 aliphatic heterocycles. The monoisotopic (exact) mass is 221 g/mol. The molecule has 0 radical (unpaired) electrons. The number of hydrogen-bond donors (Lipinski definition) is 0. The summed E-state index contributed by atoms with van der Waals surface area (Å²) in [5, 5.41) is 0. The van der Waals surface area contributed by atoms with Crippen molar-refractivity contribution in [2.24, 2.45) is 0 Å². The van der Waals surface area contributed by atoms with Gasteiger partial charge in [-0.25, -0.2) is 9.97 Å². The van der Waals surface area contributed by atoms with Crippen LogP contribution >= 0.6 is 0 Å². The average Bonchev–Trinajstić information content (AvgIpc) is 2.32. The van der Waals surface area contributed by atoms with Crippen molar-refractivity contribution in [1.29, 1.82) is 0 Å². The molecule has 0 N–H and O–H groups in total. The number of aromatic nitrogens is 2. The highest BCUT2D eigenvalue weighted by atomic mass is 15.2. The number of nitrogens with zero attached hydrogens (tertiary/aromatic N) is 3. The molecule has 0 aliphatic carbocycles. The van der Waals surface area contributed by atoms with Gasteiger partial charge in [0.05, 0.1) is 0 Å². The molecule has 0 saturated carbocycles. The van der Waals surface area contributed by atoms with Gasteiger partial charge in [0.2, 0.25) is 0 Å². The van der Waals surface area contributed by atoms with Gasteiger partial charge in [-0.2, -0.15) is 0 Å². The number of anilines is 1. The first kappa shape index (κ1) is 12.9. The summed E-state index contributed by atoms with van der Waals surface area (Å²) < 4.78 is 0. The zero-order valence-electron chi connectivity index (χ0n) is 11.0. The van der Waals surface area contributed by atoms with Crippen LogP contribution in [-0.2, 0) is 0 Å². The van der Waals surface area contributed by atoms with Crippen LogP contribution in [0.2, 0.25) is 0 Å². The van der Waals surface area contributed by atoms with Gasteiger partial charge >= 0.3 is 0 Å². The molecule has 90 valence electrons. The van der Waals surface area contributed by atoms with Gasteiger partial charge in [-0.3, -0.25) is 0 Å². The summed E-state index contributed by atoms with van der Waals surface area (Å²) in [6, 6.07) is 2.08. The summed E-state index contributed by atoms with van der Waals surface area (Å²) in [7, 11) is 0. The SMILES string of the molecule is CC.Cc1cc(N2CCCCC2)nc(C)n1. The van der Waals surface area contributed by atoms with E-state index in [-0.39, 0.29) is 0 Å². The molecule has 1 aromatic heterocycles. The number of rotatable bonds is 1. The van der Waals surface area contributed by atoms with Gasteiger partial charge in [0.25, 0.3) is 0 Å². The highest BCUT2D eigenvalue weighted by Gasteiger charge is 2.12. The second-order valence-corrected chi connectivity index (χ2v) is 3.96. The van der Waals surface area contributed by atoms with Crippen LogP contribution in [0.25, 0.3) is 0 Å². The Hall–Kier alpha value is -1.12. The van der Waals surface area contributed by atoms with Gasteiger partial charge in [-0.1, -0.05) is 13.8 Å². The molecule has 0 spiro atoms. The topological polar surface area (TPSA) is 29.0 Å². The Bertz CT molecular complexity index is 297. The normalized spacial score (nSPS) is 15.4. The molecule has 1 saturated heterocycles. The van der Waals surface area contributed by atoms with Crippen molar-refractivity contribution in [3.05, 3.63) is 17.6 Å². The molecule has 0 unspecified atom stereocenters. The summed E-state index contributed by atoms with van der Waals surface area (Å²) >= 11 is 0. The first-order chi connectivity index (χ1) is 7.75. The lowest BCUT2D eigenvalue weighted by atomic mass is 10.1. The minimum Gasteiger partial charge on any atom is -0.357 e. The fourth-order valence-electron chi connectivity index (χ4n) is 1.98. The number of hydrogen-bond acceptors (Lipinski definition) is 3. The second kappa shape index (κ2) is 6.46. The third-order valence-corrected chi connectivity index (χ3v) is 2.63. The third-order valence-electron chi connectivity index (χ3n) is 2.63. The van der Waals surface area contributed by atoms with E-state index in [1.807, 2.05) is 27.7 Å². The molecule has 3 nitrogen and oxygen atoms in total. The largest absolute Gasteiger partial charge is 0.357 e.